The fourth-order valence-corrected chi connectivity index (χ4v) is 1.84. The summed E-state index contributed by atoms with van der Waals surface area (Å²) >= 11 is 0. The topological polar surface area (TPSA) is 61.5 Å². The molecular formula is C11H21NO3. The molecule has 1 aliphatic rings. The number of ether oxygens (including phenoxy) is 2. The van der Waals surface area contributed by atoms with E-state index >= 15 is 0 Å². The average molecular weight is 215 g/mol. The smallest absolute Gasteiger partial charge is 0.310 e. The summed E-state index contributed by atoms with van der Waals surface area (Å²) in [5, 5.41) is 0. The zero-order valence-electron chi connectivity index (χ0n) is 9.41. The van der Waals surface area contributed by atoms with Crippen LogP contribution in [0.3, 0.4) is 0 Å². The molecule has 1 aliphatic carbocycles. The third-order valence-electron chi connectivity index (χ3n) is 2.69. The first-order valence-corrected chi connectivity index (χ1v) is 5.75. The van der Waals surface area contributed by atoms with Crippen molar-refractivity contribution in [2.45, 2.75) is 38.6 Å². The van der Waals surface area contributed by atoms with Crippen LogP contribution in [0.5, 0.6) is 0 Å². The molecule has 2 atom stereocenters. The standard InChI is InChI=1S/C11H21NO3/c1-2-6-14-7-8-15-11(13)9-4-3-5-10(9)12/h9-10H,2-8,12H2,1H3. The molecule has 4 heteroatoms. The lowest BCUT2D eigenvalue weighted by Gasteiger charge is -2.14. The molecule has 1 saturated carbocycles. The van der Waals surface area contributed by atoms with Crippen LogP contribution in [0.4, 0.5) is 0 Å². The van der Waals surface area contributed by atoms with Gasteiger partial charge in [-0.25, -0.2) is 0 Å². The van der Waals surface area contributed by atoms with Crippen LogP contribution in [-0.4, -0.2) is 31.8 Å². The second kappa shape index (κ2) is 6.80. The van der Waals surface area contributed by atoms with Crippen LogP contribution in [0.25, 0.3) is 0 Å². The molecule has 1 fully saturated rings. The lowest BCUT2D eigenvalue weighted by molar-refractivity contribution is -0.150. The summed E-state index contributed by atoms with van der Waals surface area (Å²) < 4.78 is 10.3. The van der Waals surface area contributed by atoms with E-state index in [1.165, 1.54) is 0 Å². The normalized spacial score (nSPS) is 25.5. The van der Waals surface area contributed by atoms with E-state index < -0.39 is 0 Å². The van der Waals surface area contributed by atoms with Crippen molar-refractivity contribution in [2.24, 2.45) is 11.7 Å². The van der Waals surface area contributed by atoms with E-state index in [0.29, 0.717) is 13.2 Å². The minimum Gasteiger partial charge on any atom is -0.463 e. The van der Waals surface area contributed by atoms with Crippen molar-refractivity contribution in [1.82, 2.24) is 0 Å². The SMILES string of the molecule is CCCOCCOC(=O)C1CCCC1N. The molecule has 0 spiro atoms. The van der Waals surface area contributed by atoms with E-state index in [4.69, 9.17) is 15.2 Å². The molecule has 0 saturated heterocycles. The van der Waals surface area contributed by atoms with Gasteiger partial charge in [-0.2, -0.15) is 0 Å². The van der Waals surface area contributed by atoms with Gasteiger partial charge in [-0.15, -0.1) is 0 Å². The molecule has 15 heavy (non-hydrogen) atoms. The summed E-state index contributed by atoms with van der Waals surface area (Å²) in [6.45, 7) is 3.60. The number of hydrogen-bond donors (Lipinski definition) is 1. The third-order valence-corrected chi connectivity index (χ3v) is 2.69. The quantitative estimate of drug-likeness (QED) is 0.532. The molecule has 88 valence electrons. The van der Waals surface area contributed by atoms with Crippen LogP contribution in [-0.2, 0) is 14.3 Å². The van der Waals surface area contributed by atoms with Crippen LogP contribution >= 0.6 is 0 Å². The van der Waals surface area contributed by atoms with Crippen molar-refractivity contribution in [3.8, 4) is 0 Å². The first-order valence-electron chi connectivity index (χ1n) is 5.75. The van der Waals surface area contributed by atoms with E-state index in [1.807, 2.05) is 6.92 Å². The molecular weight excluding hydrogens is 194 g/mol. The lowest BCUT2D eigenvalue weighted by atomic mass is 10.1. The van der Waals surface area contributed by atoms with Crippen molar-refractivity contribution in [1.29, 1.82) is 0 Å². The summed E-state index contributed by atoms with van der Waals surface area (Å²) in [5.74, 6) is -0.240. The summed E-state index contributed by atoms with van der Waals surface area (Å²) in [5.41, 5.74) is 5.80. The zero-order valence-corrected chi connectivity index (χ0v) is 9.41. The number of hydrogen-bond acceptors (Lipinski definition) is 4. The van der Waals surface area contributed by atoms with Crippen LogP contribution in [0.15, 0.2) is 0 Å². The highest BCUT2D eigenvalue weighted by Crippen LogP contribution is 2.24. The number of nitrogens with two attached hydrogens (primary N) is 1. The molecule has 0 radical (unpaired) electrons. The van der Waals surface area contributed by atoms with E-state index in [0.717, 1.165) is 32.3 Å². The predicted molar refractivity (Wildman–Crippen MR) is 57.4 cm³/mol. The van der Waals surface area contributed by atoms with Gasteiger partial charge in [-0.05, 0) is 19.3 Å². The summed E-state index contributed by atoms with van der Waals surface area (Å²) in [4.78, 5) is 11.5. The molecule has 0 aliphatic heterocycles. The highest BCUT2D eigenvalue weighted by molar-refractivity contribution is 5.73. The van der Waals surface area contributed by atoms with Crippen LogP contribution in [0, 0.1) is 5.92 Å². The fourth-order valence-electron chi connectivity index (χ4n) is 1.84. The Morgan fingerprint density at radius 3 is 2.73 bits per heavy atom. The zero-order chi connectivity index (χ0) is 11.1. The second-order valence-corrected chi connectivity index (χ2v) is 3.98. The Labute approximate surface area is 91.1 Å². The number of carbonyl (C=O) groups is 1. The average Bonchev–Trinajstić information content (AvgIpc) is 2.64. The highest BCUT2D eigenvalue weighted by Gasteiger charge is 2.31. The molecule has 0 aromatic rings. The summed E-state index contributed by atoms with van der Waals surface area (Å²) in [6, 6.07) is -0.00550. The van der Waals surface area contributed by atoms with Crippen molar-refractivity contribution >= 4 is 5.97 Å². The maximum atomic E-state index is 11.5. The van der Waals surface area contributed by atoms with Gasteiger partial charge >= 0.3 is 5.97 Å². The van der Waals surface area contributed by atoms with E-state index in [9.17, 15) is 4.79 Å². The maximum Gasteiger partial charge on any atom is 0.310 e. The Bertz CT molecular complexity index is 196. The molecule has 0 bridgehead atoms. The van der Waals surface area contributed by atoms with Crippen molar-refractivity contribution in [3.05, 3.63) is 0 Å². The molecule has 0 amide bonds. The molecule has 0 aromatic heterocycles. The van der Waals surface area contributed by atoms with Gasteiger partial charge in [0.2, 0.25) is 0 Å². The number of esters is 1. The van der Waals surface area contributed by atoms with Gasteiger partial charge in [-0.3, -0.25) is 4.79 Å². The number of rotatable bonds is 6. The first kappa shape index (κ1) is 12.5. The third kappa shape index (κ3) is 4.18. The molecule has 0 aromatic carbocycles. The largest absolute Gasteiger partial charge is 0.463 e. The highest BCUT2D eigenvalue weighted by atomic mass is 16.6. The van der Waals surface area contributed by atoms with Gasteiger partial charge in [-0.1, -0.05) is 13.3 Å². The Hall–Kier alpha value is -0.610. The van der Waals surface area contributed by atoms with E-state index in [-0.39, 0.29) is 17.9 Å². The minimum atomic E-state index is -0.153. The van der Waals surface area contributed by atoms with Gasteiger partial charge in [0.25, 0.3) is 0 Å². The molecule has 2 unspecified atom stereocenters. The monoisotopic (exact) mass is 215 g/mol. The van der Waals surface area contributed by atoms with Gasteiger partial charge < -0.3 is 15.2 Å². The van der Waals surface area contributed by atoms with Crippen LogP contribution in [0.1, 0.15) is 32.6 Å². The maximum absolute atomic E-state index is 11.5. The Morgan fingerprint density at radius 2 is 2.13 bits per heavy atom. The Morgan fingerprint density at radius 1 is 1.33 bits per heavy atom. The Kier molecular flexibility index (Phi) is 5.65. The lowest BCUT2D eigenvalue weighted by Crippen LogP contribution is -2.32. The molecule has 1 rings (SSSR count). The van der Waals surface area contributed by atoms with Gasteiger partial charge in [0, 0.05) is 12.6 Å². The molecule has 2 N–H and O–H groups in total. The van der Waals surface area contributed by atoms with E-state index in [2.05, 4.69) is 0 Å². The second-order valence-electron chi connectivity index (χ2n) is 3.98. The fraction of sp³-hybridized carbons (Fsp3) is 0.909. The Balaban J connectivity index is 2.08. The van der Waals surface area contributed by atoms with Gasteiger partial charge in [0.1, 0.15) is 6.61 Å². The summed E-state index contributed by atoms with van der Waals surface area (Å²) in [6.07, 6.45) is 3.83. The number of carbonyl (C=O) groups excluding carboxylic acids is 1. The van der Waals surface area contributed by atoms with Crippen LogP contribution in [0.2, 0.25) is 0 Å². The summed E-state index contributed by atoms with van der Waals surface area (Å²) in [7, 11) is 0. The molecule has 0 heterocycles. The predicted octanol–water partition coefficient (Wildman–Crippen LogP) is 1.08. The van der Waals surface area contributed by atoms with E-state index in [1.54, 1.807) is 0 Å². The van der Waals surface area contributed by atoms with Crippen molar-refractivity contribution in [3.63, 3.8) is 0 Å². The van der Waals surface area contributed by atoms with Crippen molar-refractivity contribution < 1.29 is 14.3 Å². The first-order chi connectivity index (χ1) is 7.25. The van der Waals surface area contributed by atoms with Crippen LogP contribution < -0.4 is 5.73 Å². The van der Waals surface area contributed by atoms with Gasteiger partial charge in [0.05, 0.1) is 12.5 Å². The van der Waals surface area contributed by atoms with Gasteiger partial charge in [0.15, 0.2) is 0 Å². The van der Waals surface area contributed by atoms with Crippen molar-refractivity contribution in [2.75, 3.05) is 19.8 Å². The molecule has 4 nitrogen and oxygen atoms in total. The minimum absolute atomic E-state index is 0.00550.